The molecule has 0 radical (unpaired) electrons. The number of aliphatic hydroxyl groups is 1. The zero-order valence-corrected chi connectivity index (χ0v) is 11.4. The maximum atomic E-state index is 12.9. The van der Waals surface area contributed by atoms with Crippen LogP contribution in [0.2, 0.25) is 0 Å². The topological polar surface area (TPSA) is 86.6 Å². The summed E-state index contributed by atoms with van der Waals surface area (Å²) in [4.78, 5) is 23.2. The Hall–Kier alpha value is -2.73. The second kappa shape index (κ2) is 6.82. The van der Waals surface area contributed by atoms with E-state index in [0.29, 0.717) is 5.56 Å². The maximum Gasteiger partial charge on any atom is 0.335 e. The summed E-state index contributed by atoms with van der Waals surface area (Å²) >= 11 is 0. The molecule has 5 nitrogen and oxygen atoms in total. The maximum absolute atomic E-state index is 12.9. The number of carboxylic acids is 1. The molecule has 6 heteroatoms. The monoisotopic (exact) mass is 303 g/mol. The minimum atomic E-state index is -1.80. The fraction of sp³-hybridized carbons (Fsp3) is 0.125. The van der Waals surface area contributed by atoms with Gasteiger partial charge >= 0.3 is 5.97 Å². The first-order valence-corrected chi connectivity index (χ1v) is 6.51. The van der Waals surface area contributed by atoms with Crippen molar-refractivity contribution in [1.82, 2.24) is 5.32 Å². The van der Waals surface area contributed by atoms with Crippen molar-refractivity contribution < 1.29 is 24.2 Å². The molecule has 0 bridgehead atoms. The lowest BCUT2D eigenvalue weighted by Gasteiger charge is -2.22. The van der Waals surface area contributed by atoms with E-state index in [9.17, 15) is 19.1 Å². The molecule has 0 aliphatic heterocycles. The first kappa shape index (κ1) is 15.7. The molecule has 0 aliphatic carbocycles. The van der Waals surface area contributed by atoms with E-state index in [-0.39, 0.29) is 5.56 Å². The standard InChI is InChI=1S/C16H14FNO4/c17-12-8-6-11(7-9-12)15(20)18-13(14(19)16(21)22)10-4-2-1-3-5-10/h1-9,13-14,19H,(H,18,20)(H,21,22)/t13-,14-/m0/s1. The van der Waals surface area contributed by atoms with Crippen molar-refractivity contribution in [3.05, 3.63) is 71.5 Å². The summed E-state index contributed by atoms with van der Waals surface area (Å²) in [7, 11) is 0. The normalized spacial score (nSPS) is 13.2. The van der Waals surface area contributed by atoms with Crippen LogP contribution in [0.25, 0.3) is 0 Å². The highest BCUT2D eigenvalue weighted by Crippen LogP contribution is 2.18. The summed E-state index contributed by atoms with van der Waals surface area (Å²) in [5.41, 5.74) is 0.618. The van der Waals surface area contributed by atoms with Crippen molar-refractivity contribution in [2.45, 2.75) is 12.1 Å². The van der Waals surface area contributed by atoms with Gasteiger partial charge in [-0.3, -0.25) is 4.79 Å². The number of carbonyl (C=O) groups is 2. The molecule has 2 aromatic carbocycles. The molecular formula is C16H14FNO4. The molecule has 0 heterocycles. The molecule has 1 amide bonds. The summed E-state index contributed by atoms with van der Waals surface area (Å²) in [5.74, 6) is -2.54. The fourth-order valence-corrected chi connectivity index (χ4v) is 1.97. The predicted octanol–water partition coefficient (Wildman–Crippen LogP) is 1.74. The Labute approximate surface area is 126 Å². The number of hydrogen-bond donors (Lipinski definition) is 3. The second-order valence-corrected chi connectivity index (χ2v) is 4.65. The third-order valence-corrected chi connectivity index (χ3v) is 3.12. The van der Waals surface area contributed by atoms with Gasteiger partial charge in [0.05, 0.1) is 6.04 Å². The van der Waals surface area contributed by atoms with Gasteiger partial charge in [0.15, 0.2) is 6.10 Å². The van der Waals surface area contributed by atoms with Crippen LogP contribution in [0.4, 0.5) is 4.39 Å². The summed E-state index contributed by atoms with van der Waals surface area (Å²) in [6.45, 7) is 0. The highest BCUT2D eigenvalue weighted by Gasteiger charge is 2.29. The Bertz CT molecular complexity index is 658. The largest absolute Gasteiger partial charge is 0.479 e. The Kier molecular flexibility index (Phi) is 4.85. The number of rotatable bonds is 5. The second-order valence-electron chi connectivity index (χ2n) is 4.65. The minimum absolute atomic E-state index is 0.167. The van der Waals surface area contributed by atoms with Crippen molar-refractivity contribution in [3.8, 4) is 0 Å². The molecule has 0 saturated heterocycles. The molecule has 0 aliphatic rings. The zero-order valence-electron chi connectivity index (χ0n) is 11.4. The molecule has 3 N–H and O–H groups in total. The van der Waals surface area contributed by atoms with E-state index in [0.717, 1.165) is 12.1 Å². The zero-order chi connectivity index (χ0) is 16.1. The molecular weight excluding hydrogens is 289 g/mol. The Balaban J connectivity index is 2.25. The van der Waals surface area contributed by atoms with Crippen molar-refractivity contribution in [1.29, 1.82) is 0 Å². The van der Waals surface area contributed by atoms with E-state index < -0.39 is 29.8 Å². The lowest BCUT2D eigenvalue weighted by molar-refractivity contribution is -0.148. The molecule has 0 saturated carbocycles. The smallest absolute Gasteiger partial charge is 0.335 e. The van der Waals surface area contributed by atoms with Crippen LogP contribution in [0.5, 0.6) is 0 Å². The molecule has 0 spiro atoms. The first-order valence-electron chi connectivity index (χ1n) is 6.51. The number of carboxylic acid groups (broad SMARTS) is 1. The van der Waals surface area contributed by atoms with E-state index in [1.165, 1.54) is 12.1 Å². The summed E-state index contributed by atoms with van der Waals surface area (Å²) in [6, 6.07) is 12.0. The number of nitrogens with one attached hydrogen (secondary N) is 1. The quantitative estimate of drug-likeness (QED) is 0.785. The SMILES string of the molecule is O=C(N[C@@H](c1ccccc1)[C@H](O)C(=O)O)c1ccc(F)cc1. The predicted molar refractivity (Wildman–Crippen MR) is 76.7 cm³/mol. The average Bonchev–Trinajstić information content (AvgIpc) is 2.53. The highest BCUT2D eigenvalue weighted by atomic mass is 19.1. The van der Waals surface area contributed by atoms with Gasteiger partial charge in [0.2, 0.25) is 0 Å². The molecule has 2 atom stereocenters. The minimum Gasteiger partial charge on any atom is -0.479 e. The number of aliphatic carboxylic acids is 1. The van der Waals surface area contributed by atoms with Gasteiger partial charge < -0.3 is 15.5 Å². The number of aliphatic hydroxyl groups excluding tert-OH is 1. The molecule has 2 rings (SSSR count). The number of amides is 1. The van der Waals surface area contributed by atoms with Gasteiger partial charge in [0.1, 0.15) is 5.82 Å². The van der Waals surface area contributed by atoms with Crippen LogP contribution in [-0.2, 0) is 4.79 Å². The lowest BCUT2D eigenvalue weighted by Crippen LogP contribution is -2.40. The van der Waals surface area contributed by atoms with Crippen LogP contribution in [-0.4, -0.2) is 28.2 Å². The molecule has 0 aromatic heterocycles. The number of halogens is 1. The van der Waals surface area contributed by atoms with Crippen molar-refractivity contribution in [2.75, 3.05) is 0 Å². The van der Waals surface area contributed by atoms with Crippen LogP contribution in [0, 0.1) is 5.82 Å². The number of hydrogen-bond acceptors (Lipinski definition) is 3. The van der Waals surface area contributed by atoms with Gasteiger partial charge in [-0.05, 0) is 29.8 Å². The Morgan fingerprint density at radius 3 is 2.14 bits per heavy atom. The van der Waals surface area contributed by atoms with E-state index in [2.05, 4.69) is 5.32 Å². The van der Waals surface area contributed by atoms with Crippen molar-refractivity contribution >= 4 is 11.9 Å². The summed E-state index contributed by atoms with van der Waals surface area (Å²) < 4.78 is 12.9. The first-order chi connectivity index (χ1) is 10.5. The van der Waals surface area contributed by atoms with Crippen molar-refractivity contribution in [2.24, 2.45) is 0 Å². The lowest BCUT2D eigenvalue weighted by atomic mass is 10.0. The van der Waals surface area contributed by atoms with Gasteiger partial charge in [-0.15, -0.1) is 0 Å². The molecule has 114 valence electrons. The molecule has 0 fully saturated rings. The number of carbonyl (C=O) groups excluding carboxylic acids is 1. The van der Waals surface area contributed by atoms with Crippen LogP contribution in [0.15, 0.2) is 54.6 Å². The van der Waals surface area contributed by atoms with E-state index >= 15 is 0 Å². The van der Waals surface area contributed by atoms with Gasteiger partial charge in [-0.1, -0.05) is 30.3 Å². The number of benzene rings is 2. The van der Waals surface area contributed by atoms with Crippen LogP contribution in [0.3, 0.4) is 0 Å². The molecule has 22 heavy (non-hydrogen) atoms. The Morgan fingerprint density at radius 2 is 1.59 bits per heavy atom. The van der Waals surface area contributed by atoms with Gasteiger partial charge in [0, 0.05) is 5.56 Å². The summed E-state index contributed by atoms with van der Waals surface area (Å²) in [5, 5.41) is 21.2. The van der Waals surface area contributed by atoms with E-state index in [1.807, 2.05) is 0 Å². The van der Waals surface area contributed by atoms with Crippen LogP contribution >= 0.6 is 0 Å². The van der Waals surface area contributed by atoms with Crippen molar-refractivity contribution in [3.63, 3.8) is 0 Å². The van der Waals surface area contributed by atoms with Gasteiger partial charge in [-0.25, -0.2) is 9.18 Å². The van der Waals surface area contributed by atoms with Gasteiger partial charge in [-0.2, -0.15) is 0 Å². The van der Waals surface area contributed by atoms with E-state index in [1.54, 1.807) is 30.3 Å². The highest BCUT2D eigenvalue weighted by molar-refractivity contribution is 5.94. The average molecular weight is 303 g/mol. The van der Waals surface area contributed by atoms with Crippen LogP contribution < -0.4 is 5.32 Å². The van der Waals surface area contributed by atoms with E-state index in [4.69, 9.17) is 5.11 Å². The fourth-order valence-electron chi connectivity index (χ4n) is 1.97. The third kappa shape index (κ3) is 3.67. The third-order valence-electron chi connectivity index (χ3n) is 3.12. The van der Waals surface area contributed by atoms with Crippen LogP contribution in [0.1, 0.15) is 22.0 Å². The molecule has 2 aromatic rings. The summed E-state index contributed by atoms with van der Waals surface area (Å²) in [6.07, 6.45) is -1.80. The van der Waals surface area contributed by atoms with Gasteiger partial charge in [0.25, 0.3) is 5.91 Å². The molecule has 0 unspecified atom stereocenters. The Morgan fingerprint density at radius 1 is 1.00 bits per heavy atom.